The van der Waals surface area contributed by atoms with Gasteiger partial charge in [0.25, 0.3) is 0 Å². The van der Waals surface area contributed by atoms with Crippen LogP contribution in [0.2, 0.25) is 0 Å². The zero-order chi connectivity index (χ0) is 16.3. The number of halogens is 1. The normalized spacial score (nSPS) is 11.3. The van der Waals surface area contributed by atoms with Gasteiger partial charge in [0.1, 0.15) is 0 Å². The highest BCUT2D eigenvalue weighted by Crippen LogP contribution is 2.18. The Morgan fingerprint density at radius 3 is 1.96 bits per heavy atom. The minimum absolute atomic E-state index is 0. The predicted molar refractivity (Wildman–Crippen MR) is 100 cm³/mol. The molecule has 0 fully saturated rings. The fraction of sp³-hybridized carbons (Fsp3) is 0.684. The Morgan fingerprint density at radius 2 is 1.39 bits per heavy atom. The van der Waals surface area contributed by atoms with Gasteiger partial charge in [0.05, 0.1) is 18.8 Å². The first-order valence-electron chi connectivity index (χ1n) is 8.72. The molecule has 23 heavy (non-hydrogen) atoms. The number of unbranched alkanes of at least 4 members (excludes halogenated alkanes) is 5. The first-order chi connectivity index (χ1) is 10.6. The number of aryl methyl sites for hydroxylation is 2. The summed E-state index contributed by atoms with van der Waals surface area (Å²) < 4.78 is 0. The maximum Gasteiger partial charge on any atom is 0.0633 e. The second kappa shape index (κ2) is 12.8. The number of hydrogen-bond acceptors (Lipinski definition) is 3. The van der Waals surface area contributed by atoms with Crippen LogP contribution >= 0.6 is 12.4 Å². The van der Waals surface area contributed by atoms with E-state index in [2.05, 4.69) is 31.2 Å². The summed E-state index contributed by atoms with van der Waals surface area (Å²) in [4.78, 5) is 0. The van der Waals surface area contributed by atoms with Crippen molar-refractivity contribution in [1.29, 1.82) is 0 Å². The highest BCUT2D eigenvalue weighted by molar-refractivity contribution is 5.85. The lowest BCUT2D eigenvalue weighted by Gasteiger charge is -2.25. The smallest absolute Gasteiger partial charge is 0.0633 e. The lowest BCUT2D eigenvalue weighted by molar-refractivity contribution is 0.115. The summed E-state index contributed by atoms with van der Waals surface area (Å²) >= 11 is 0. The van der Waals surface area contributed by atoms with Crippen molar-refractivity contribution in [2.75, 3.05) is 13.2 Å². The summed E-state index contributed by atoms with van der Waals surface area (Å²) in [6.45, 7) is 1.89. The summed E-state index contributed by atoms with van der Waals surface area (Å²) in [5, 5.41) is 18.6. The first kappa shape index (κ1) is 22.4. The van der Waals surface area contributed by atoms with Gasteiger partial charge in [0, 0.05) is 0 Å². The van der Waals surface area contributed by atoms with Crippen LogP contribution in [0.15, 0.2) is 24.3 Å². The monoisotopic (exact) mass is 343 g/mol. The molecule has 1 rings (SSSR count). The Hall–Kier alpha value is -0.610. The van der Waals surface area contributed by atoms with Gasteiger partial charge in [-0.25, -0.2) is 0 Å². The third-order valence-corrected chi connectivity index (χ3v) is 4.44. The quantitative estimate of drug-likeness (QED) is 0.508. The van der Waals surface area contributed by atoms with Crippen LogP contribution in [0, 0.1) is 0 Å². The van der Waals surface area contributed by atoms with Crippen LogP contribution in [-0.2, 0) is 12.8 Å². The fourth-order valence-electron chi connectivity index (χ4n) is 2.73. The topological polar surface area (TPSA) is 66.5 Å². The Bertz CT molecular complexity index is 408. The van der Waals surface area contributed by atoms with Gasteiger partial charge in [0.15, 0.2) is 0 Å². The molecule has 4 N–H and O–H groups in total. The second-order valence-corrected chi connectivity index (χ2v) is 6.47. The van der Waals surface area contributed by atoms with Gasteiger partial charge in [-0.2, -0.15) is 0 Å². The highest BCUT2D eigenvalue weighted by Gasteiger charge is 2.22. The number of hydrogen-bond donors (Lipinski definition) is 3. The first-order valence-corrected chi connectivity index (χ1v) is 8.72. The van der Waals surface area contributed by atoms with Gasteiger partial charge in [-0.15, -0.1) is 12.4 Å². The van der Waals surface area contributed by atoms with E-state index in [1.54, 1.807) is 0 Å². The van der Waals surface area contributed by atoms with Crippen molar-refractivity contribution in [3.8, 4) is 0 Å². The molecule has 1 aromatic rings. The molecule has 0 radical (unpaired) electrons. The van der Waals surface area contributed by atoms with Gasteiger partial charge in [-0.3, -0.25) is 0 Å². The summed E-state index contributed by atoms with van der Waals surface area (Å²) in [5.41, 5.74) is 7.78. The van der Waals surface area contributed by atoms with Crippen molar-refractivity contribution in [3.63, 3.8) is 0 Å². The standard InChI is InChI=1S/C19H33NO2.ClH/c1-2-3-4-5-6-7-10-17-11-8-9-12-18(17)13-14-19(20,15-21)16-22;/h8-9,11-12,21-22H,2-7,10,13-16,20H2,1H3;1H. The van der Waals surface area contributed by atoms with Crippen LogP contribution in [0.1, 0.15) is 63.0 Å². The predicted octanol–water partition coefficient (Wildman–Crippen LogP) is 3.63. The van der Waals surface area contributed by atoms with E-state index in [0.717, 1.165) is 12.8 Å². The summed E-state index contributed by atoms with van der Waals surface area (Å²) in [6, 6.07) is 8.47. The van der Waals surface area contributed by atoms with E-state index >= 15 is 0 Å². The van der Waals surface area contributed by atoms with Crippen LogP contribution in [0.3, 0.4) is 0 Å². The van der Waals surface area contributed by atoms with E-state index in [4.69, 9.17) is 5.73 Å². The molecule has 0 saturated heterocycles. The van der Waals surface area contributed by atoms with Crippen LogP contribution in [0.25, 0.3) is 0 Å². The summed E-state index contributed by atoms with van der Waals surface area (Å²) in [7, 11) is 0. The number of rotatable bonds is 12. The molecule has 0 heterocycles. The van der Waals surface area contributed by atoms with Crippen LogP contribution in [0.4, 0.5) is 0 Å². The molecule has 4 heteroatoms. The lowest BCUT2D eigenvalue weighted by Crippen LogP contribution is -2.47. The zero-order valence-corrected chi connectivity index (χ0v) is 15.3. The van der Waals surface area contributed by atoms with Gasteiger partial charge in [-0.1, -0.05) is 63.3 Å². The van der Waals surface area contributed by atoms with Crippen LogP contribution in [-0.4, -0.2) is 29.0 Å². The molecule has 3 nitrogen and oxygen atoms in total. The third-order valence-electron chi connectivity index (χ3n) is 4.44. The Labute approximate surface area is 147 Å². The van der Waals surface area contributed by atoms with E-state index in [0.29, 0.717) is 6.42 Å². The number of benzene rings is 1. The molecule has 0 atom stereocenters. The average molecular weight is 344 g/mol. The maximum atomic E-state index is 9.29. The molecule has 0 aliphatic heterocycles. The molecule has 0 aliphatic rings. The number of nitrogens with two attached hydrogens (primary N) is 1. The SMILES string of the molecule is CCCCCCCCc1ccccc1CCC(N)(CO)CO.Cl. The molecule has 1 aromatic carbocycles. The molecule has 0 aliphatic carbocycles. The molecular weight excluding hydrogens is 310 g/mol. The molecule has 0 bridgehead atoms. The largest absolute Gasteiger partial charge is 0.394 e. The van der Waals surface area contributed by atoms with Crippen molar-refractivity contribution in [3.05, 3.63) is 35.4 Å². The minimum Gasteiger partial charge on any atom is -0.394 e. The Morgan fingerprint density at radius 1 is 0.870 bits per heavy atom. The summed E-state index contributed by atoms with van der Waals surface area (Å²) in [5.74, 6) is 0. The maximum absolute atomic E-state index is 9.29. The zero-order valence-electron chi connectivity index (χ0n) is 14.5. The van der Waals surface area contributed by atoms with E-state index in [-0.39, 0.29) is 25.6 Å². The van der Waals surface area contributed by atoms with Gasteiger partial charge >= 0.3 is 0 Å². The van der Waals surface area contributed by atoms with Crippen molar-refractivity contribution in [2.45, 2.75) is 70.3 Å². The Balaban J connectivity index is 0.00000484. The van der Waals surface area contributed by atoms with Gasteiger partial charge in [0.2, 0.25) is 0 Å². The van der Waals surface area contributed by atoms with Crippen LogP contribution < -0.4 is 5.73 Å². The van der Waals surface area contributed by atoms with Gasteiger partial charge in [-0.05, 0) is 36.8 Å². The highest BCUT2D eigenvalue weighted by atomic mass is 35.5. The van der Waals surface area contributed by atoms with Crippen molar-refractivity contribution < 1.29 is 10.2 Å². The van der Waals surface area contributed by atoms with Crippen LogP contribution in [0.5, 0.6) is 0 Å². The van der Waals surface area contributed by atoms with E-state index in [1.807, 2.05) is 0 Å². The van der Waals surface area contributed by atoms with Crippen molar-refractivity contribution in [1.82, 2.24) is 0 Å². The molecule has 0 amide bonds. The molecule has 0 saturated carbocycles. The molecule has 134 valence electrons. The third kappa shape index (κ3) is 8.71. The van der Waals surface area contributed by atoms with E-state index in [9.17, 15) is 10.2 Å². The van der Waals surface area contributed by atoms with Gasteiger partial charge < -0.3 is 15.9 Å². The molecule has 0 aromatic heterocycles. The molecular formula is C19H34ClNO2. The average Bonchev–Trinajstić information content (AvgIpc) is 2.56. The fourth-order valence-corrected chi connectivity index (χ4v) is 2.73. The van der Waals surface area contributed by atoms with E-state index < -0.39 is 5.54 Å². The summed E-state index contributed by atoms with van der Waals surface area (Å²) in [6.07, 6.45) is 10.4. The lowest BCUT2D eigenvalue weighted by atomic mass is 9.91. The number of aliphatic hydroxyl groups excluding tert-OH is 2. The van der Waals surface area contributed by atoms with E-state index in [1.165, 1.54) is 49.7 Å². The Kier molecular flexibility index (Phi) is 12.4. The second-order valence-electron chi connectivity index (χ2n) is 6.47. The van der Waals surface area contributed by atoms with Crippen molar-refractivity contribution >= 4 is 12.4 Å². The number of aliphatic hydroxyl groups is 2. The molecule has 0 unspecified atom stereocenters. The van der Waals surface area contributed by atoms with Crippen molar-refractivity contribution in [2.24, 2.45) is 5.73 Å². The molecule has 0 spiro atoms. The minimum atomic E-state index is -0.868.